The van der Waals surface area contributed by atoms with Crippen molar-refractivity contribution in [1.82, 2.24) is 0 Å². The molecule has 6 heteroatoms. The number of halogens is 2. The second kappa shape index (κ2) is 6.92. The summed E-state index contributed by atoms with van der Waals surface area (Å²) in [4.78, 5) is 12.1. The summed E-state index contributed by atoms with van der Waals surface area (Å²) in [5.41, 5.74) is 0.488. The van der Waals surface area contributed by atoms with Crippen LogP contribution in [0, 0.1) is 0 Å². The fourth-order valence-corrected chi connectivity index (χ4v) is 2.21. The molecule has 0 spiro atoms. The van der Waals surface area contributed by atoms with Crippen LogP contribution >= 0.6 is 27.5 Å². The number of carbonyl (C=O) groups excluding carboxylic acids is 1. The van der Waals surface area contributed by atoms with Gasteiger partial charge >= 0.3 is 0 Å². The topological polar surface area (TPSA) is 48.7 Å². The van der Waals surface area contributed by atoms with Crippen molar-refractivity contribution in [2.24, 2.45) is 0 Å². The zero-order valence-corrected chi connectivity index (χ0v) is 13.0. The van der Waals surface area contributed by atoms with E-state index in [1.165, 1.54) is 6.07 Å². The highest BCUT2D eigenvalue weighted by Crippen LogP contribution is 2.27. The Balaban J connectivity index is 2.14. The van der Waals surface area contributed by atoms with E-state index in [1.54, 1.807) is 31.4 Å². The van der Waals surface area contributed by atoms with E-state index < -0.39 is 0 Å². The van der Waals surface area contributed by atoms with Crippen LogP contribution in [0.3, 0.4) is 0 Å². The number of hydrogen-bond acceptors (Lipinski definition) is 4. The van der Waals surface area contributed by atoms with Crippen LogP contribution in [0.2, 0.25) is 5.22 Å². The molecule has 0 bridgehead atoms. The molecule has 0 saturated heterocycles. The predicted molar refractivity (Wildman–Crippen MR) is 78.7 cm³/mol. The number of rotatable bonds is 6. The van der Waals surface area contributed by atoms with Gasteiger partial charge in [0.05, 0.1) is 11.1 Å². The van der Waals surface area contributed by atoms with E-state index in [9.17, 15) is 4.79 Å². The molecule has 0 amide bonds. The van der Waals surface area contributed by atoms with Gasteiger partial charge in [0.15, 0.2) is 11.0 Å². The average molecular weight is 360 g/mol. The molecule has 2 rings (SSSR count). The maximum absolute atomic E-state index is 12.1. The van der Waals surface area contributed by atoms with E-state index in [2.05, 4.69) is 15.9 Å². The maximum atomic E-state index is 12.1. The highest BCUT2D eigenvalue weighted by atomic mass is 79.9. The molecule has 106 valence electrons. The zero-order chi connectivity index (χ0) is 14.5. The number of furan rings is 1. The summed E-state index contributed by atoms with van der Waals surface area (Å²) >= 11 is 9.03. The Bertz CT molecular complexity index is 609. The first-order valence-electron chi connectivity index (χ1n) is 5.83. The van der Waals surface area contributed by atoms with E-state index in [-0.39, 0.29) is 16.8 Å². The molecule has 1 heterocycles. The van der Waals surface area contributed by atoms with E-state index in [1.807, 2.05) is 0 Å². The first-order valence-corrected chi connectivity index (χ1v) is 7.00. The quantitative estimate of drug-likeness (QED) is 0.579. The lowest BCUT2D eigenvalue weighted by molar-refractivity contribution is 0.101. The van der Waals surface area contributed by atoms with Gasteiger partial charge in [0.2, 0.25) is 5.78 Å². The van der Waals surface area contributed by atoms with Crippen LogP contribution in [-0.2, 0) is 4.74 Å². The van der Waals surface area contributed by atoms with E-state index in [0.717, 1.165) is 0 Å². The molecule has 4 nitrogen and oxygen atoms in total. The summed E-state index contributed by atoms with van der Waals surface area (Å²) in [5, 5.41) is 0.187. The van der Waals surface area contributed by atoms with Crippen molar-refractivity contribution >= 4 is 33.3 Å². The molecule has 0 aliphatic heterocycles. The molecule has 2 aromatic rings. The summed E-state index contributed by atoms with van der Waals surface area (Å²) in [7, 11) is 1.61. The third-order valence-corrected chi connectivity index (χ3v) is 3.36. The van der Waals surface area contributed by atoms with Gasteiger partial charge in [-0.2, -0.15) is 0 Å². The molecule has 0 unspecified atom stereocenters. The van der Waals surface area contributed by atoms with Crippen molar-refractivity contribution in [3.8, 4) is 5.75 Å². The van der Waals surface area contributed by atoms with E-state index in [4.69, 9.17) is 25.5 Å². The van der Waals surface area contributed by atoms with Gasteiger partial charge < -0.3 is 13.9 Å². The highest BCUT2D eigenvalue weighted by molar-refractivity contribution is 9.10. The Hall–Kier alpha value is -1.30. The average Bonchev–Trinajstić information content (AvgIpc) is 2.86. The SMILES string of the molecule is COCCOc1ccc(C(=O)c2ccc(Cl)o2)cc1Br. The third-order valence-electron chi connectivity index (χ3n) is 2.54. The summed E-state index contributed by atoms with van der Waals surface area (Å²) in [6, 6.07) is 8.15. The van der Waals surface area contributed by atoms with Crippen LogP contribution in [0.4, 0.5) is 0 Å². The van der Waals surface area contributed by atoms with E-state index in [0.29, 0.717) is 29.0 Å². The summed E-state index contributed by atoms with van der Waals surface area (Å²) in [6.07, 6.45) is 0. The Morgan fingerprint density at radius 3 is 2.70 bits per heavy atom. The van der Waals surface area contributed by atoms with Gasteiger partial charge in [-0.3, -0.25) is 4.79 Å². The predicted octanol–water partition coefficient (Wildman–Crippen LogP) is 3.95. The van der Waals surface area contributed by atoms with Crippen molar-refractivity contribution in [1.29, 1.82) is 0 Å². The van der Waals surface area contributed by atoms with Gasteiger partial charge in [0.25, 0.3) is 0 Å². The molecule has 1 aromatic heterocycles. The Morgan fingerprint density at radius 1 is 1.30 bits per heavy atom. The lowest BCUT2D eigenvalue weighted by Gasteiger charge is -2.08. The third kappa shape index (κ3) is 3.62. The Morgan fingerprint density at radius 2 is 2.10 bits per heavy atom. The largest absolute Gasteiger partial charge is 0.490 e. The van der Waals surface area contributed by atoms with Gasteiger partial charge in [-0.05, 0) is 57.9 Å². The summed E-state index contributed by atoms with van der Waals surface area (Å²) in [5.74, 6) is 0.618. The number of ether oxygens (including phenoxy) is 2. The molecule has 0 aliphatic rings. The number of benzene rings is 1. The molecular formula is C14H12BrClO4. The number of methoxy groups -OCH3 is 1. The van der Waals surface area contributed by atoms with Crippen molar-refractivity contribution in [2.75, 3.05) is 20.3 Å². The molecule has 1 aromatic carbocycles. The summed E-state index contributed by atoms with van der Waals surface area (Å²) in [6.45, 7) is 0.939. The standard InChI is InChI=1S/C14H12BrClO4/c1-18-6-7-19-11-3-2-9(8-10(11)15)14(17)12-4-5-13(16)20-12/h2-5,8H,6-7H2,1H3. The molecule has 20 heavy (non-hydrogen) atoms. The van der Waals surface area contributed by atoms with Crippen LogP contribution in [0.5, 0.6) is 5.75 Å². The Labute approximate surface area is 129 Å². The minimum absolute atomic E-state index is 0.187. The van der Waals surface area contributed by atoms with Crippen LogP contribution < -0.4 is 4.74 Å². The maximum Gasteiger partial charge on any atom is 0.228 e. The lowest BCUT2D eigenvalue weighted by Crippen LogP contribution is -2.05. The number of ketones is 1. The summed E-state index contributed by atoms with van der Waals surface area (Å²) < 4.78 is 16.2. The smallest absolute Gasteiger partial charge is 0.228 e. The minimum atomic E-state index is -0.235. The lowest BCUT2D eigenvalue weighted by atomic mass is 10.1. The van der Waals surface area contributed by atoms with Gasteiger partial charge in [-0.15, -0.1) is 0 Å². The highest BCUT2D eigenvalue weighted by Gasteiger charge is 2.15. The van der Waals surface area contributed by atoms with E-state index >= 15 is 0 Å². The van der Waals surface area contributed by atoms with Crippen molar-refractivity contribution in [2.45, 2.75) is 0 Å². The normalized spacial score (nSPS) is 10.6. The van der Waals surface area contributed by atoms with Crippen LogP contribution in [0.25, 0.3) is 0 Å². The molecule has 0 N–H and O–H groups in total. The van der Waals surface area contributed by atoms with Crippen LogP contribution in [-0.4, -0.2) is 26.1 Å². The fraction of sp³-hybridized carbons (Fsp3) is 0.214. The Kier molecular flexibility index (Phi) is 5.23. The van der Waals surface area contributed by atoms with Crippen molar-refractivity contribution < 1.29 is 18.7 Å². The molecule has 0 saturated carbocycles. The van der Waals surface area contributed by atoms with Crippen molar-refractivity contribution in [3.63, 3.8) is 0 Å². The monoisotopic (exact) mass is 358 g/mol. The van der Waals surface area contributed by atoms with Gasteiger partial charge in [0.1, 0.15) is 12.4 Å². The first kappa shape index (κ1) is 15.1. The molecule has 0 fully saturated rings. The van der Waals surface area contributed by atoms with Gasteiger partial charge in [-0.1, -0.05) is 0 Å². The number of hydrogen-bond donors (Lipinski definition) is 0. The number of carbonyl (C=O) groups is 1. The minimum Gasteiger partial charge on any atom is -0.490 e. The molecule has 0 atom stereocenters. The molecule has 0 radical (unpaired) electrons. The second-order valence-electron chi connectivity index (χ2n) is 3.92. The second-order valence-corrected chi connectivity index (χ2v) is 5.15. The van der Waals surface area contributed by atoms with Crippen molar-refractivity contribution in [3.05, 3.63) is 51.3 Å². The fourth-order valence-electron chi connectivity index (χ4n) is 1.57. The zero-order valence-electron chi connectivity index (χ0n) is 10.7. The molecule has 0 aliphatic carbocycles. The van der Waals surface area contributed by atoms with Crippen LogP contribution in [0.15, 0.2) is 39.2 Å². The van der Waals surface area contributed by atoms with Gasteiger partial charge in [-0.25, -0.2) is 0 Å². The van der Waals surface area contributed by atoms with Gasteiger partial charge in [0, 0.05) is 12.7 Å². The molecular weight excluding hydrogens is 348 g/mol. The van der Waals surface area contributed by atoms with Crippen LogP contribution in [0.1, 0.15) is 16.1 Å². The first-order chi connectivity index (χ1) is 9.61.